The predicted molar refractivity (Wildman–Crippen MR) is 89.2 cm³/mol. The number of primary amides is 1. The first-order valence-corrected chi connectivity index (χ1v) is 8.76. The lowest BCUT2D eigenvalue weighted by molar-refractivity contribution is -0.126. The Labute approximate surface area is 130 Å². The maximum absolute atomic E-state index is 12.3. The fraction of sp³-hybridized carbons (Fsp3) is 0.941. The molecule has 3 N–H and O–H groups in total. The van der Waals surface area contributed by atoms with E-state index >= 15 is 0 Å². The zero-order valence-electron chi connectivity index (χ0n) is 14.5. The summed E-state index contributed by atoms with van der Waals surface area (Å²) in [6, 6.07) is 0.275. The zero-order valence-corrected chi connectivity index (χ0v) is 14.5. The van der Waals surface area contributed by atoms with Gasteiger partial charge in [-0.15, -0.1) is 0 Å². The van der Waals surface area contributed by atoms with Gasteiger partial charge >= 0.3 is 0 Å². The average molecular weight is 297 g/mol. The van der Waals surface area contributed by atoms with Crippen molar-refractivity contribution < 1.29 is 4.79 Å². The summed E-state index contributed by atoms with van der Waals surface area (Å²) in [6.07, 6.45) is 6.99. The Morgan fingerprint density at radius 2 is 1.76 bits per heavy atom. The van der Waals surface area contributed by atoms with Gasteiger partial charge in [-0.2, -0.15) is 0 Å². The number of carbonyl (C=O) groups excluding carboxylic acids is 1. The van der Waals surface area contributed by atoms with Gasteiger partial charge in [0, 0.05) is 12.6 Å². The van der Waals surface area contributed by atoms with Crippen LogP contribution in [0.15, 0.2) is 0 Å². The summed E-state index contributed by atoms with van der Waals surface area (Å²) in [4.78, 5) is 14.7. The molecule has 4 heteroatoms. The molecule has 0 spiro atoms. The standard InChI is InChI=1S/C17H35N3O/c1-5-7-11-20(12-8-6-2)13-17(16(18)21,15-9-10-15)19-14(3)4/h14-15,19H,5-13H2,1-4H3,(H2,18,21). The third kappa shape index (κ3) is 5.59. The molecule has 0 aromatic carbocycles. The van der Waals surface area contributed by atoms with Gasteiger partial charge in [-0.05, 0) is 58.5 Å². The summed E-state index contributed by atoms with van der Waals surface area (Å²) in [5.41, 5.74) is 5.31. The molecule has 0 heterocycles. The number of hydrogen-bond donors (Lipinski definition) is 2. The smallest absolute Gasteiger partial charge is 0.239 e. The van der Waals surface area contributed by atoms with Crippen molar-refractivity contribution >= 4 is 5.91 Å². The maximum atomic E-state index is 12.3. The molecule has 21 heavy (non-hydrogen) atoms. The first-order chi connectivity index (χ1) is 9.96. The Bertz CT molecular complexity index is 307. The van der Waals surface area contributed by atoms with Gasteiger partial charge in [0.2, 0.25) is 5.91 Å². The molecule has 1 aliphatic carbocycles. The number of rotatable bonds is 12. The van der Waals surface area contributed by atoms with Crippen LogP contribution in [-0.2, 0) is 4.79 Å². The quantitative estimate of drug-likeness (QED) is 0.582. The van der Waals surface area contributed by atoms with E-state index in [0.29, 0.717) is 5.92 Å². The van der Waals surface area contributed by atoms with Crippen molar-refractivity contribution in [2.24, 2.45) is 11.7 Å². The molecule has 1 amide bonds. The van der Waals surface area contributed by atoms with E-state index in [1.165, 1.54) is 25.7 Å². The Morgan fingerprint density at radius 1 is 1.24 bits per heavy atom. The van der Waals surface area contributed by atoms with Crippen molar-refractivity contribution in [2.75, 3.05) is 19.6 Å². The molecule has 0 bridgehead atoms. The fourth-order valence-corrected chi connectivity index (χ4v) is 3.12. The van der Waals surface area contributed by atoms with E-state index in [1.807, 2.05) is 0 Å². The minimum Gasteiger partial charge on any atom is -0.368 e. The van der Waals surface area contributed by atoms with Crippen molar-refractivity contribution in [1.82, 2.24) is 10.2 Å². The fourth-order valence-electron chi connectivity index (χ4n) is 3.12. The zero-order chi connectivity index (χ0) is 15.9. The van der Waals surface area contributed by atoms with Crippen LogP contribution in [0.1, 0.15) is 66.2 Å². The van der Waals surface area contributed by atoms with Crippen LogP contribution < -0.4 is 11.1 Å². The number of nitrogens with one attached hydrogen (secondary N) is 1. The molecule has 0 aliphatic heterocycles. The molecule has 1 unspecified atom stereocenters. The molecule has 0 aromatic rings. The highest BCUT2D eigenvalue weighted by Crippen LogP contribution is 2.40. The number of nitrogens with two attached hydrogens (primary N) is 1. The summed E-state index contributed by atoms with van der Waals surface area (Å²) in [6.45, 7) is 11.5. The Kier molecular flexibility index (Phi) is 7.67. The van der Waals surface area contributed by atoms with Crippen molar-refractivity contribution in [1.29, 1.82) is 0 Å². The highest BCUT2D eigenvalue weighted by atomic mass is 16.1. The summed E-state index contributed by atoms with van der Waals surface area (Å²) >= 11 is 0. The lowest BCUT2D eigenvalue weighted by atomic mass is 9.90. The second-order valence-electron chi connectivity index (χ2n) is 6.89. The monoisotopic (exact) mass is 297 g/mol. The largest absolute Gasteiger partial charge is 0.368 e. The van der Waals surface area contributed by atoms with Crippen molar-refractivity contribution in [3.63, 3.8) is 0 Å². The Balaban J connectivity index is 2.81. The second-order valence-corrected chi connectivity index (χ2v) is 6.89. The van der Waals surface area contributed by atoms with E-state index in [9.17, 15) is 4.79 Å². The van der Waals surface area contributed by atoms with Crippen LogP contribution >= 0.6 is 0 Å². The molecule has 1 fully saturated rings. The van der Waals surface area contributed by atoms with E-state index in [0.717, 1.165) is 32.5 Å². The third-order valence-corrected chi connectivity index (χ3v) is 4.39. The number of unbranched alkanes of at least 4 members (excludes halogenated alkanes) is 2. The number of hydrogen-bond acceptors (Lipinski definition) is 3. The number of amides is 1. The predicted octanol–water partition coefficient (Wildman–Crippen LogP) is 2.52. The average Bonchev–Trinajstić information content (AvgIpc) is 3.24. The van der Waals surface area contributed by atoms with Crippen molar-refractivity contribution in [3.8, 4) is 0 Å². The van der Waals surface area contributed by atoms with E-state index in [2.05, 4.69) is 37.9 Å². The summed E-state index contributed by atoms with van der Waals surface area (Å²) in [5, 5.41) is 3.52. The molecular formula is C17H35N3O. The molecule has 124 valence electrons. The molecule has 0 radical (unpaired) electrons. The summed E-state index contributed by atoms with van der Waals surface area (Å²) < 4.78 is 0. The highest BCUT2D eigenvalue weighted by molar-refractivity contribution is 5.86. The van der Waals surface area contributed by atoms with Gasteiger partial charge in [0.1, 0.15) is 5.54 Å². The normalized spacial score (nSPS) is 18.2. The molecule has 1 aliphatic rings. The minimum absolute atomic E-state index is 0.170. The Hall–Kier alpha value is -0.610. The SMILES string of the molecule is CCCCN(CCCC)CC(NC(C)C)(C(N)=O)C1CC1. The van der Waals surface area contributed by atoms with E-state index in [-0.39, 0.29) is 11.9 Å². The van der Waals surface area contributed by atoms with Gasteiger partial charge in [0.15, 0.2) is 0 Å². The first-order valence-electron chi connectivity index (χ1n) is 8.76. The van der Waals surface area contributed by atoms with Crippen LogP contribution in [0, 0.1) is 5.92 Å². The minimum atomic E-state index is -0.532. The number of nitrogens with zero attached hydrogens (tertiary/aromatic N) is 1. The van der Waals surface area contributed by atoms with E-state index in [1.54, 1.807) is 0 Å². The van der Waals surface area contributed by atoms with Crippen LogP contribution in [0.2, 0.25) is 0 Å². The first kappa shape index (κ1) is 18.4. The van der Waals surface area contributed by atoms with Gasteiger partial charge in [0.05, 0.1) is 0 Å². The number of carbonyl (C=O) groups is 1. The highest BCUT2D eigenvalue weighted by Gasteiger charge is 2.50. The van der Waals surface area contributed by atoms with Crippen LogP contribution in [0.3, 0.4) is 0 Å². The Morgan fingerprint density at radius 3 is 2.10 bits per heavy atom. The maximum Gasteiger partial charge on any atom is 0.239 e. The van der Waals surface area contributed by atoms with Gasteiger partial charge < -0.3 is 10.6 Å². The van der Waals surface area contributed by atoms with Crippen LogP contribution in [-0.4, -0.2) is 42.0 Å². The van der Waals surface area contributed by atoms with Crippen molar-refractivity contribution in [3.05, 3.63) is 0 Å². The van der Waals surface area contributed by atoms with Gasteiger partial charge in [-0.1, -0.05) is 26.7 Å². The van der Waals surface area contributed by atoms with Crippen LogP contribution in [0.25, 0.3) is 0 Å². The van der Waals surface area contributed by atoms with E-state index < -0.39 is 5.54 Å². The summed E-state index contributed by atoms with van der Waals surface area (Å²) in [5.74, 6) is 0.250. The molecule has 1 rings (SSSR count). The third-order valence-electron chi connectivity index (χ3n) is 4.39. The van der Waals surface area contributed by atoms with Gasteiger partial charge in [-0.25, -0.2) is 0 Å². The molecule has 1 saturated carbocycles. The molecule has 1 atom stereocenters. The van der Waals surface area contributed by atoms with Gasteiger partial charge in [0.25, 0.3) is 0 Å². The van der Waals surface area contributed by atoms with Crippen molar-refractivity contribution in [2.45, 2.75) is 77.8 Å². The van der Waals surface area contributed by atoms with Crippen LogP contribution in [0.5, 0.6) is 0 Å². The topological polar surface area (TPSA) is 58.4 Å². The molecule has 0 saturated heterocycles. The molecular weight excluding hydrogens is 262 g/mol. The summed E-state index contributed by atoms with van der Waals surface area (Å²) in [7, 11) is 0. The molecule has 0 aromatic heterocycles. The lowest BCUT2D eigenvalue weighted by Gasteiger charge is -2.38. The van der Waals surface area contributed by atoms with Crippen LogP contribution in [0.4, 0.5) is 0 Å². The van der Waals surface area contributed by atoms with E-state index in [4.69, 9.17) is 5.73 Å². The molecule has 4 nitrogen and oxygen atoms in total. The van der Waals surface area contributed by atoms with Gasteiger partial charge in [-0.3, -0.25) is 10.1 Å². The lowest BCUT2D eigenvalue weighted by Crippen LogP contribution is -2.65. The second kappa shape index (κ2) is 8.74.